The Kier molecular flexibility index (Phi) is 4.14. The molecule has 0 saturated carbocycles. The molecule has 2 fully saturated rings. The van der Waals surface area contributed by atoms with E-state index in [0.717, 1.165) is 30.7 Å². The van der Waals surface area contributed by atoms with Gasteiger partial charge in [0.05, 0.1) is 23.3 Å². The van der Waals surface area contributed by atoms with Gasteiger partial charge >= 0.3 is 0 Å². The highest BCUT2D eigenvalue weighted by Gasteiger charge is 2.51. The van der Waals surface area contributed by atoms with Crippen LogP contribution in [0, 0.1) is 12.3 Å². The van der Waals surface area contributed by atoms with Gasteiger partial charge in [-0.15, -0.1) is 0 Å². The van der Waals surface area contributed by atoms with Gasteiger partial charge in [0.25, 0.3) is 5.91 Å². The minimum Gasteiger partial charge on any atom is -0.383 e. The molecule has 0 bridgehead atoms. The number of ether oxygens (including phenoxy) is 1. The first kappa shape index (κ1) is 17.0. The van der Waals surface area contributed by atoms with Crippen LogP contribution in [0.3, 0.4) is 0 Å². The number of carbonyl (C=O) groups excluding carboxylic acids is 2. The normalized spacial score (nSPS) is 22.9. The largest absolute Gasteiger partial charge is 0.383 e. The van der Waals surface area contributed by atoms with E-state index in [1.165, 1.54) is 0 Å². The summed E-state index contributed by atoms with van der Waals surface area (Å²) in [5.74, 6) is 0.0636. The summed E-state index contributed by atoms with van der Waals surface area (Å²) in [6, 6.07) is 1.87. The third-order valence-electron chi connectivity index (χ3n) is 5.49. The molecule has 138 valence electrons. The van der Waals surface area contributed by atoms with Crippen molar-refractivity contribution in [3.05, 3.63) is 29.7 Å². The van der Waals surface area contributed by atoms with Crippen LogP contribution in [0.25, 0.3) is 5.65 Å². The van der Waals surface area contributed by atoms with Crippen molar-refractivity contribution < 1.29 is 14.3 Å². The highest BCUT2D eigenvalue weighted by Crippen LogP contribution is 2.40. The zero-order valence-corrected chi connectivity index (χ0v) is 15.1. The Balaban J connectivity index is 1.49. The van der Waals surface area contributed by atoms with Crippen LogP contribution in [-0.4, -0.2) is 76.1 Å². The van der Waals surface area contributed by atoms with Gasteiger partial charge in [-0.05, 0) is 19.8 Å². The van der Waals surface area contributed by atoms with Crippen LogP contribution in [-0.2, 0) is 9.53 Å². The van der Waals surface area contributed by atoms with Crippen LogP contribution in [0.4, 0.5) is 0 Å². The molecule has 4 rings (SSSR count). The summed E-state index contributed by atoms with van der Waals surface area (Å²) < 4.78 is 6.71. The lowest BCUT2D eigenvalue weighted by Crippen LogP contribution is -2.39. The van der Waals surface area contributed by atoms with Gasteiger partial charge in [0, 0.05) is 51.7 Å². The van der Waals surface area contributed by atoms with Gasteiger partial charge in [-0.2, -0.15) is 5.10 Å². The third kappa shape index (κ3) is 2.74. The minimum absolute atomic E-state index is 0.0902. The average molecular weight is 357 g/mol. The Morgan fingerprint density at radius 2 is 2.15 bits per heavy atom. The van der Waals surface area contributed by atoms with E-state index in [1.54, 1.807) is 28.9 Å². The van der Waals surface area contributed by atoms with Crippen LogP contribution < -0.4 is 0 Å². The van der Waals surface area contributed by atoms with Crippen LogP contribution in [0.5, 0.6) is 0 Å². The van der Waals surface area contributed by atoms with Crippen molar-refractivity contribution in [2.45, 2.75) is 19.8 Å². The highest BCUT2D eigenvalue weighted by atomic mass is 16.5. The fraction of sp³-hybridized carbons (Fsp3) is 0.556. The van der Waals surface area contributed by atoms with Crippen molar-refractivity contribution in [3.8, 4) is 0 Å². The van der Waals surface area contributed by atoms with E-state index < -0.39 is 5.41 Å². The lowest BCUT2D eigenvalue weighted by molar-refractivity contribution is -0.135. The first-order valence-corrected chi connectivity index (χ1v) is 8.92. The summed E-state index contributed by atoms with van der Waals surface area (Å²) in [6.45, 7) is 4.86. The quantitative estimate of drug-likeness (QED) is 0.807. The van der Waals surface area contributed by atoms with Gasteiger partial charge in [-0.3, -0.25) is 9.59 Å². The Morgan fingerprint density at radius 1 is 1.35 bits per heavy atom. The second kappa shape index (κ2) is 6.35. The molecule has 0 radical (unpaired) electrons. The number of aryl methyl sites for hydroxylation is 1. The molecule has 8 heteroatoms. The molecule has 8 nitrogen and oxygen atoms in total. The number of amides is 2. The van der Waals surface area contributed by atoms with Crippen LogP contribution in [0.1, 0.15) is 28.9 Å². The number of hydrogen-bond donors (Lipinski definition) is 0. The van der Waals surface area contributed by atoms with Crippen LogP contribution in [0.15, 0.2) is 18.5 Å². The Morgan fingerprint density at radius 3 is 2.96 bits per heavy atom. The molecule has 1 atom stereocenters. The summed E-state index contributed by atoms with van der Waals surface area (Å²) in [5.41, 5.74) is 1.65. The number of methoxy groups -OCH3 is 1. The monoisotopic (exact) mass is 357 g/mol. The molecule has 0 aliphatic carbocycles. The molecule has 1 spiro atoms. The first-order valence-electron chi connectivity index (χ1n) is 8.92. The minimum atomic E-state index is -0.427. The van der Waals surface area contributed by atoms with Crippen molar-refractivity contribution in [2.24, 2.45) is 5.41 Å². The molecule has 26 heavy (non-hydrogen) atoms. The van der Waals surface area contributed by atoms with Gasteiger partial charge in [-0.25, -0.2) is 9.50 Å². The molecule has 2 saturated heterocycles. The van der Waals surface area contributed by atoms with Gasteiger partial charge in [0.2, 0.25) is 5.91 Å². The van der Waals surface area contributed by atoms with Gasteiger partial charge < -0.3 is 14.5 Å². The number of rotatable bonds is 4. The summed E-state index contributed by atoms with van der Waals surface area (Å²) >= 11 is 0. The summed E-state index contributed by atoms with van der Waals surface area (Å²) in [7, 11) is 1.64. The second-order valence-corrected chi connectivity index (χ2v) is 7.22. The summed E-state index contributed by atoms with van der Waals surface area (Å²) in [4.78, 5) is 33.7. The van der Waals surface area contributed by atoms with Crippen molar-refractivity contribution in [1.82, 2.24) is 24.4 Å². The molecule has 2 aliphatic rings. The molecule has 0 aromatic carbocycles. The van der Waals surface area contributed by atoms with Gasteiger partial charge in [0.15, 0.2) is 5.65 Å². The predicted octanol–water partition coefficient (Wildman–Crippen LogP) is 0.749. The maximum absolute atomic E-state index is 12.9. The number of hydrogen-bond acceptors (Lipinski definition) is 5. The maximum atomic E-state index is 12.9. The van der Waals surface area contributed by atoms with Crippen molar-refractivity contribution in [1.29, 1.82) is 0 Å². The molecular formula is C18H23N5O3. The standard InChI is InChI=1S/C18H23N5O3/c1-13-9-15-19-10-14(11-23(15)20-13)16(24)22-6-4-18(12-22)3-5-21(17(18)25)7-8-26-2/h9-11H,3-8,12H2,1-2H3. The van der Waals surface area contributed by atoms with E-state index in [9.17, 15) is 9.59 Å². The van der Waals surface area contributed by atoms with Crippen molar-refractivity contribution >= 4 is 17.5 Å². The lowest BCUT2D eigenvalue weighted by Gasteiger charge is -2.23. The van der Waals surface area contributed by atoms with E-state index in [-0.39, 0.29) is 11.8 Å². The van der Waals surface area contributed by atoms with E-state index in [4.69, 9.17) is 4.74 Å². The molecule has 2 aromatic heterocycles. The van der Waals surface area contributed by atoms with Crippen molar-refractivity contribution in [3.63, 3.8) is 0 Å². The van der Waals surface area contributed by atoms with E-state index in [1.807, 2.05) is 17.9 Å². The number of carbonyl (C=O) groups is 2. The molecule has 1 unspecified atom stereocenters. The maximum Gasteiger partial charge on any atom is 0.257 e. The summed E-state index contributed by atoms with van der Waals surface area (Å²) in [6.07, 6.45) is 4.82. The van der Waals surface area contributed by atoms with Crippen molar-refractivity contribution in [2.75, 3.05) is 39.9 Å². The number of aromatic nitrogens is 3. The number of likely N-dealkylation sites (tertiary alicyclic amines) is 2. The predicted molar refractivity (Wildman–Crippen MR) is 93.8 cm³/mol. The molecule has 0 N–H and O–H groups in total. The smallest absolute Gasteiger partial charge is 0.257 e. The zero-order chi connectivity index (χ0) is 18.3. The SMILES string of the molecule is COCCN1CCC2(CCN(C(=O)c3cnc4cc(C)nn4c3)C2)C1=O. The number of nitrogens with zero attached hydrogens (tertiary/aromatic N) is 5. The van der Waals surface area contributed by atoms with Crippen LogP contribution in [0.2, 0.25) is 0 Å². The molecule has 4 heterocycles. The second-order valence-electron chi connectivity index (χ2n) is 7.22. The fourth-order valence-corrected chi connectivity index (χ4v) is 4.02. The van der Waals surface area contributed by atoms with E-state index in [0.29, 0.717) is 31.8 Å². The Labute approximate surface area is 151 Å². The first-order chi connectivity index (χ1) is 12.5. The lowest BCUT2D eigenvalue weighted by atomic mass is 9.85. The molecule has 2 aliphatic heterocycles. The van der Waals surface area contributed by atoms with E-state index >= 15 is 0 Å². The Bertz CT molecular complexity index is 864. The zero-order valence-electron chi connectivity index (χ0n) is 15.1. The van der Waals surface area contributed by atoms with Crippen LogP contribution >= 0.6 is 0 Å². The van der Waals surface area contributed by atoms with E-state index in [2.05, 4.69) is 10.1 Å². The number of fused-ring (bicyclic) bond motifs is 1. The third-order valence-corrected chi connectivity index (χ3v) is 5.49. The summed E-state index contributed by atoms with van der Waals surface area (Å²) in [5, 5.41) is 4.32. The topological polar surface area (TPSA) is 80.0 Å². The molecule has 2 amide bonds. The highest BCUT2D eigenvalue weighted by molar-refractivity contribution is 5.95. The average Bonchev–Trinajstić information content (AvgIpc) is 3.31. The Hall–Kier alpha value is -2.48. The fourth-order valence-electron chi connectivity index (χ4n) is 4.02. The molecule has 2 aromatic rings. The van der Waals surface area contributed by atoms with Gasteiger partial charge in [-0.1, -0.05) is 0 Å². The molecular weight excluding hydrogens is 334 g/mol. The van der Waals surface area contributed by atoms with Gasteiger partial charge in [0.1, 0.15) is 0 Å².